The lowest BCUT2D eigenvalue weighted by molar-refractivity contribution is -0.121. The van der Waals surface area contributed by atoms with Crippen LogP contribution in [0, 0.1) is 12.8 Å². The highest BCUT2D eigenvalue weighted by atomic mass is 127. The van der Waals surface area contributed by atoms with Gasteiger partial charge in [0, 0.05) is 38.8 Å². The number of hydrogen-bond donors (Lipinski definition) is 1. The van der Waals surface area contributed by atoms with Crippen molar-refractivity contribution in [2.75, 3.05) is 13.1 Å². The van der Waals surface area contributed by atoms with Crippen molar-refractivity contribution < 1.29 is 4.79 Å². The maximum absolute atomic E-state index is 12.0. The number of nitrogens with two attached hydrogens (primary N) is 1. The normalized spacial score (nSPS) is 19.9. The van der Waals surface area contributed by atoms with Gasteiger partial charge in [0.25, 0.3) is 0 Å². The van der Waals surface area contributed by atoms with E-state index < -0.39 is 0 Å². The van der Waals surface area contributed by atoms with Crippen molar-refractivity contribution >= 4 is 40.9 Å². The highest BCUT2D eigenvalue weighted by Crippen LogP contribution is 2.33. The summed E-state index contributed by atoms with van der Waals surface area (Å²) in [6.45, 7) is 4.02. The molecule has 27 heavy (non-hydrogen) atoms. The van der Waals surface area contributed by atoms with Crippen molar-refractivity contribution in [3.63, 3.8) is 0 Å². The van der Waals surface area contributed by atoms with Gasteiger partial charge < -0.3 is 5.73 Å². The van der Waals surface area contributed by atoms with Crippen molar-refractivity contribution in [2.24, 2.45) is 18.7 Å². The minimum atomic E-state index is -0.261. The molecule has 0 bridgehead atoms. The predicted molar refractivity (Wildman–Crippen MR) is 114 cm³/mol. The van der Waals surface area contributed by atoms with Gasteiger partial charge in [-0.1, -0.05) is 12.1 Å². The van der Waals surface area contributed by atoms with E-state index in [0.29, 0.717) is 13.1 Å². The maximum atomic E-state index is 12.0. The lowest BCUT2D eigenvalue weighted by Crippen LogP contribution is -2.29. The van der Waals surface area contributed by atoms with Crippen molar-refractivity contribution in [2.45, 2.75) is 19.4 Å². The third kappa shape index (κ3) is 3.96. The van der Waals surface area contributed by atoms with Crippen molar-refractivity contribution in [1.29, 1.82) is 0 Å². The lowest BCUT2D eigenvalue weighted by atomic mass is 9.90. The van der Waals surface area contributed by atoms with Gasteiger partial charge in [-0.25, -0.2) is 9.97 Å². The van der Waals surface area contributed by atoms with Gasteiger partial charge in [-0.15, -0.1) is 24.0 Å². The van der Waals surface area contributed by atoms with Crippen LogP contribution in [-0.2, 0) is 18.4 Å². The first kappa shape index (κ1) is 19.7. The Balaban J connectivity index is 0.00000210. The van der Waals surface area contributed by atoms with Gasteiger partial charge in [-0.3, -0.25) is 14.4 Å². The number of halogens is 1. The molecule has 2 aromatic heterocycles. The van der Waals surface area contributed by atoms with Crippen LogP contribution in [0.25, 0.3) is 11.0 Å². The number of hydrogen-bond acceptors (Lipinski definition) is 5. The molecule has 2 N–H and O–H groups in total. The molecule has 1 aliphatic rings. The van der Waals surface area contributed by atoms with Crippen molar-refractivity contribution in [3.8, 4) is 0 Å². The molecule has 0 unspecified atom stereocenters. The third-order valence-electron chi connectivity index (χ3n) is 5.13. The SMILES string of the molecule is Cc1nc2ccccc2nc1CN1C[C@H](C(N)=O)[C@@H](c2cnn(C)c2)C1.I. The Labute approximate surface area is 175 Å². The van der Waals surface area contributed by atoms with E-state index in [4.69, 9.17) is 10.7 Å². The van der Waals surface area contributed by atoms with Crippen LogP contribution in [0.2, 0.25) is 0 Å². The maximum Gasteiger partial charge on any atom is 0.222 e. The molecule has 1 amide bonds. The Morgan fingerprint density at radius 2 is 1.93 bits per heavy atom. The highest BCUT2D eigenvalue weighted by molar-refractivity contribution is 14.0. The first-order valence-electron chi connectivity index (χ1n) is 8.73. The first-order valence-corrected chi connectivity index (χ1v) is 8.73. The zero-order chi connectivity index (χ0) is 18.3. The molecule has 1 aliphatic heterocycles. The van der Waals surface area contributed by atoms with Crippen molar-refractivity contribution in [3.05, 3.63) is 53.6 Å². The number of rotatable bonds is 4. The fourth-order valence-corrected chi connectivity index (χ4v) is 3.76. The monoisotopic (exact) mass is 478 g/mol. The third-order valence-corrected chi connectivity index (χ3v) is 5.13. The number of para-hydroxylation sites is 2. The molecule has 7 nitrogen and oxygen atoms in total. The minimum absolute atomic E-state index is 0. The molecule has 3 heterocycles. The number of carbonyl (C=O) groups excluding carboxylic acids is 1. The topological polar surface area (TPSA) is 89.9 Å². The summed E-state index contributed by atoms with van der Waals surface area (Å²) in [5.74, 6) is -0.412. The van der Waals surface area contributed by atoms with E-state index >= 15 is 0 Å². The van der Waals surface area contributed by atoms with Crippen LogP contribution in [0.4, 0.5) is 0 Å². The number of amides is 1. The van der Waals surface area contributed by atoms with Crippen LogP contribution >= 0.6 is 24.0 Å². The van der Waals surface area contributed by atoms with E-state index in [1.165, 1.54) is 0 Å². The van der Waals surface area contributed by atoms with E-state index in [-0.39, 0.29) is 41.7 Å². The Hall–Kier alpha value is -2.07. The number of aryl methyl sites for hydroxylation is 2. The lowest BCUT2D eigenvalue weighted by Gasteiger charge is -2.16. The first-order chi connectivity index (χ1) is 12.5. The van der Waals surface area contributed by atoms with Crippen LogP contribution in [0.1, 0.15) is 22.9 Å². The Morgan fingerprint density at radius 3 is 2.56 bits per heavy atom. The van der Waals surface area contributed by atoms with Gasteiger partial charge in [0.15, 0.2) is 0 Å². The largest absolute Gasteiger partial charge is 0.369 e. The quantitative estimate of drug-likeness (QED) is 0.580. The molecule has 0 radical (unpaired) electrons. The molecule has 1 aromatic carbocycles. The van der Waals surface area contributed by atoms with Gasteiger partial charge in [0.1, 0.15) is 0 Å². The molecule has 3 aromatic rings. The Kier molecular flexibility index (Phi) is 5.75. The summed E-state index contributed by atoms with van der Waals surface area (Å²) in [6, 6.07) is 7.87. The Morgan fingerprint density at radius 1 is 1.22 bits per heavy atom. The van der Waals surface area contributed by atoms with Crippen LogP contribution in [0.15, 0.2) is 36.7 Å². The van der Waals surface area contributed by atoms with Crippen LogP contribution in [0.5, 0.6) is 0 Å². The molecule has 8 heteroatoms. The molecular weight excluding hydrogens is 455 g/mol. The summed E-state index contributed by atoms with van der Waals surface area (Å²) in [4.78, 5) is 23.6. The second-order valence-corrected chi connectivity index (χ2v) is 7.00. The van der Waals surface area contributed by atoms with E-state index in [2.05, 4.69) is 15.0 Å². The summed E-state index contributed by atoms with van der Waals surface area (Å²) >= 11 is 0. The number of likely N-dealkylation sites (tertiary alicyclic amines) is 1. The molecule has 1 saturated heterocycles. The van der Waals surface area contributed by atoms with E-state index in [1.807, 2.05) is 50.6 Å². The molecule has 4 rings (SSSR count). The molecule has 0 saturated carbocycles. The smallest absolute Gasteiger partial charge is 0.222 e. The van der Waals surface area contributed by atoms with Crippen LogP contribution in [0.3, 0.4) is 0 Å². The fourth-order valence-electron chi connectivity index (χ4n) is 3.76. The molecule has 0 spiro atoms. The number of nitrogens with zero attached hydrogens (tertiary/aromatic N) is 5. The van der Waals surface area contributed by atoms with Gasteiger partial charge in [-0.05, 0) is 24.6 Å². The minimum Gasteiger partial charge on any atom is -0.369 e. The second-order valence-electron chi connectivity index (χ2n) is 7.00. The second kappa shape index (κ2) is 7.89. The molecule has 2 atom stereocenters. The van der Waals surface area contributed by atoms with Gasteiger partial charge in [0.2, 0.25) is 5.91 Å². The van der Waals surface area contributed by atoms with Crippen molar-refractivity contribution in [1.82, 2.24) is 24.6 Å². The number of aromatic nitrogens is 4. The summed E-state index contributed by atoms with van der Waals surface area (Å²) in [7, 11) is 1.88. The van der Waals surface area contributed by atoms with E-state index in [0.717, 1.165) is 34.5 Å². The highest BCUT2D eigenvalue weighted by Gasteiger charge is 2.38. The molecule has 142 valence electrons. The van der Waals surface area contributed by atoms with Gasteiger partial charge >= 0.3 is 0 Å². The van der Waals surface area contributed by atoms with E-state index in [1.54, 1.807) is 4.68 Å². The van der Waals surface area contributed by atoms with Crippen LogP contribution in [-0.4, -0.2) is 43.6 Å². The van der Waals surface area contributed by atoms with Gasteiger partial charge in [-0.2, -0.15) is 5.10 Å². The molecule has 1 fully saturated rings. The zero-order valence-corrected chi connectivity index (χ0v) is 17.7. The Bertz CT molecular complexity index is 972. The van der Waals surface area contributed by atoms with Gasteiger partial charge in [0.05, 0.1) is 34.5 Å². The predicted octanol–water partition coefficient (Wildman–Crippen LogP) is 1.99. The standard InChI is InChI=1S/C19H22N6O.HI/c1-12-18(23-17-6-4-3-5-16(17)22-12)11-25-9-14(15(10-25)19(20)26)13-7-21-24(2)8-13;/h3-8,14-15H,9-11H2,1-2H3,(H2,20,26);1H/t14-,15+;/m1./s1. The summed E-state index contributed by atoms with van der Waals surface area (Å²) in [5, 5.41) is 4.24. The van der Waals surface area contributed by atoms with E-state index in [9.17, 15) is 4.79 Å². The summed E-state index contributed by atoms with van der Waals surface area (Å²) in [5.41, 5.74) is 10.4. The fraction of sp³-hybridized carbons (Fsp3) is 0.368. The molecular formula is C19H23IN6O. The molecule has 0 aliphatic carbocycles. The summed E-state index contributed by atoms with van der Waals surface area (Å²) in [6.07, 6.45) is 3.79. The zero-order valence-electron chi connectivity index (χ0n) is 15.4. The number of primary amides is 1. The number of fused-ring (bicyclic) bond motifs is 1. The average molecular weight is 478 g/mol. The average Bonchev–Trinajstić information content (AvgIpc) is 3.22. The number of carbonyl (C=O) groups is 1. The van der Waals surface area contributed by atoms with Crippen LogP contribution < -0.4 is 5.73 Å². The summed E-state index contributed by atoms with van der Waals surface area (Å²) < 4.78 is 1.76. The number of benzene rings is 1.